The number of esters is 1. The van der Waals surface area contributed by atoms with Gasteiger partial charge in [0.05, 0.1) is 32.0 Å². The van der Waals surface area contributed by atoms with Crippen LogP contribution in [-0.4, -0.2) is 100 Å². The van der Waals surface area contributed by atoms with E-state index in [0.29, 0.717) is 19.4 Å². The average molecular weight is 1060 g/mol. The van der Waals surface area contributed by atoms with E-state index < -0.39 is 49.5 Å². The van der Waals surface area contributed by atoms with Crippen LogP contribution in [0.5, 0.6) is 0 Å². The summed E-state index contributed by atoms with van der Waals surface area (Å²) in [5, 5.41) is 54.4. The van der Waals surface area contributed by atoms with Crippen LogP contribution >= 0.6 is 0 Å². The van der Waals surface area contributed by atoms with E-state index in [1.165, 1.54) is 212 Å². The molecule has 1 aliphatic rings. The molecular weight excluding hydrogens is 943 g/mol. The number of hydrogen-bond donors (Lipinski definition) is 6. The van der Waals surface area contributed by atoms with Gasteiger partial charge in [-0.1, -0.05) is 263 Å². The van der Waals surface area contributed by atoms with Crippen molar-refractivity contribution in [1.82, 2.24) is 5.32 Å². The van der Waals surface area contributed by atoms with Crippen molar-refractivity contribution in [1.29, 1.82) is 0 Å². The molecule has 0 radical (unpaired) electrons. The fourth-order valence-corrected chi connectivity index (χ4v) is 10.2. The molecule has 0 bridgehead atoms. The highest BCUT2D eigenvalue weighted by atomic mass is 16.7. The molecule has 11 nitrogen and oxygen atoms in total. The van der Waals surface area contributed by atoms with E-state index in [1.807, 2.05) is 6.08 Å². The third-order valence-electron chi connectivity index (χ3n) is 15.3. The van der Waals surface area contributed by atoms with Gasteiger partial charge in [-0.3, -0.25) is 9.59 Å². The Balaban J connectivity index is 2.05. The van der Waals surface area contributed by atoms with Gasteiger partial charge in [0.15, 0.2) is 6.29 Å². The van der Waals surface area contributed by atoms with Crippen molar-refractivity contribution in [3.63, 3.8) is 0 Å². The molecule has 7 atom stereocenters. The Morgan fingerprint density at radius 2 is 0.853 bits per heavy atom. The molecule has 0 spiro atoms. The standard InChI is InChI=1S/C64H121NO10/c1-3-5-7-9-11-13-15-27-31-34-38-42-46-50-57(67)56(55-74-64-63(72)62(71)61(70)58(54-66)75-64)65-59(68)51-47-43-39-35-32-28-25-23-21-19-17-16-18-20-22-24-26-29-33-37-41-45-49-53-73-60(69)52-48-44-40-36-30-14-12-10-8-6-4-2/h19,21,46,50,56-58,61-64,66-67,70-72H,3-18,20,22-45,47-49,51-55H2,1-2H3,(H,65,68)/b21-19-,50-46+. The summed E-state index contributed by atoms with van der Waals surface area (Å²) in [5.74, 6) is -0.187. The summed E-state index contributed by atoms with van der Waals surface area (Å²) in [5.41, 5.74) is 0. The number of ether oxygens (including phenoxy) is 3. The summed E-state index contributed by atoms with van der Waals surface area (Å²) in [6, 6.07) is -0.814. The Hall–Kier alpha value is -1.86. The fraction of sp³-hybridized carbons (Fsp3) is 0.906. The largest absolute Gasteiger partial charge is 0.466 e. The van der Waals surface area contributed by atoms with Gasteiger partial charge in [-0.05, 0) is 57.8 Å². The minimum atomic E-state index is -1.57. The summed E-state index contributed by atoms with van der Waals surface area (Å²) >= 11 is 0. The van der Waals surface area contributed by atoms with Crippen molar-refractivity contribution in [2.24, 2.45) is 0 Å². The molecule has 0 aliphatic carbocycles. The van der Waals surface area contributed by atoms with E-state index in [2.05, 4.69) is 31.3 Å². The van der Waals surface area contributed by atoms with Crippen LogP contribution in [-0.2, 0) is 23.8 Å². The van der Waals surface area contributed by atoms with Crippen molar-refractivity contribution in [3.05, 3.63) is 24.3 Å². The number of hydrogen-bond acceptors (Lipinski definition) is 10. The van der Waals surface area contributed by atoms with Gasteiger partial charge in [0.2, 0.25) is 5.91 Å². The van der Waals surface area contributed by atoms with Crippen molar-refractivity contribution >= 4 is 11.9 Å². The van der Waals surface area contributed by atoms with E-state index in [0.717, 1.165) is 70.6 Å². The van der Waals surface area contributed by atoms with Gasteiger partial charge >= 0.3 is 5.97 Å². The highest BCUT2D eigenvalue weighted by Gasteiger charge is 2.44. The minimum absolute atomic E-state index is 0.000277. The smallest absolute Gasteiger partial charge is 0.305 e. The zero-order chi connectivity index (χ0) is 54.5. The highest BCUT2D eigenvalue weighted by molar-refractivity contribution is 5.76. The van der Waals surface area contributed by atoms with Crippen LogP contribution in [0, 0.1) is 0 Å². The maximum atomic E-state index is 13.0. The Bertz CT molecular complexity index is 1300. The van der Waals surface area contributed by atoms with Gasteiger partial charge in [0, 0.05) is 12.8 Å². The number of rotatable bonds is 56. The number of nitrogens with one attached hydrogen (secondary N) is 1. The predicted octanol–water partition coefficient (Wildman–Crippen LogP) is 15.3. The Morgan fingerprint density at radius 3 is 1.28 bits per heavy atom. The Kier molecular flexibility index (Phi) is 51.3. The molecule has 442 valence electrons. The normalized spacial score (nSPS) is 18.8. The lowest BCUT2D eigenvalue weighted by Gasteiger charge is -2.40. The second kappa shape index (κ2) is 54.1. The van der Waals surface area contributed by atoms with E-state index in [9.17, 15) is 35.1 Å². The lowest BCUT2D eigenvalue weighted by Crippen LogP contribution is -2.60. The zero-order valence-electron chi connectivity index (χ0n) is 48.8. The summed E-state index contributed by atoms with van der Waals surface area (Å²) in [4.78, 5) is 25.1. The molecule has 7 unspecified atom stereocenters. The van der Waals surface area contributed by atoms with Crippen LogP contribution in [0.25, 0.3) is 0 Å². The van der Waals surface area contributed by atoms with Crippen molar-refractivity contribution < 1.29 is 49.3 Å². The van der Waals surface area contributed by atoms with Crippen LogP contribution in [0.4, 0.5) is 0 Å². The predicted molar refractivity (Wildman–Crippen MR) is 311 cm³/mol. The third kappa shape index (κ3) is 43.7. The number of allylic oxidation sites excluding steroid dienone is 3. The first-order valence-corrected chi connectivity index (χ1v) is 32.1. The number of carbonyl (C=O) groups is 2. The quantitative estimate of drug-likeness (QED) is 0.0195. The van der Waals surface area contributed by atoms with E-state index >= 15 is 0 Å². The molecule has 1 aliphatic heterocycles. The van der Waals surface area contributed by atoms with Gasteiger partial charge < -0.3 is 45.1 Å². The summed E-state index contributed by atoms with van der Waals surface area (Å²) in [7, 11) is 0. The molecule has 11 heteroatoms. The third-order valence-corrected chi connectivity index (χ3v) is 15.3. The topological polar surface area (TPSA) is 175 Å². The molecule has 0 aromatic rings. The maximum absolute atomic E-state index is 13.0. The molecular formula is C64H121NO10. The average Bonchev–Trinajstić information content (AvgIpc) is 3.41. The molecule has 1 fully saturated rings. The molecule has 0 aromatic carbocycles. The minimum Gasteiger partial charge on any atom is -0.466 e. The summed E-state index contributed by atoms with van der Waals surface area (Å²) in [6.45, 7) is 4.35. The van der Waals surface area contributed by atoms with Crippen LogP contribution < -0.4 is 5.32 Å². The summed E-state index contributed by atoms with van der Waals surface area (Å²) < 4.78 is 16.7. The molecule has 1 saturated heterocycles. The van der Waals surface area contributed by atoms with Crippen molar-refractivity contribution in [2.75, 3.05) is 19.8 Å². The first kappa shape index (κ1) is 71.2. The van der Waals surface area contributed by atoms with Gasteiger partial charge in [-0.25, -0.2) is 0 Å². The van der Waals surface area contributed by atoms with Gasteiger partial charge in [0.25, 0.3) is 0 Å². The van der Waals surface area contributed by atoms with Gasteiger partial charge in [0.1, 0.15) is 24.4 Å². The molecule has 75 heavy (non-hydrogen) atoms. The Morgan fingerprint density at radius 1 is 0.480 bits per heavy atom. The second-order valence-corrected chi connectivity index (χ2v) is 22.5. The molecule has 6 N–H and O–H groups in total. The van der Waals surface area contributed by atoms with Crippen LogP contribution in [0.15, 0.2) is 24.3 Å². The first-order chi connectivity index (χ1) is 36.7. The Labute approximate surface area is 461 Å². The van der Waals surface area contributed by atoms with Crippen LogP contribution in [0.3, 0.4) is 0 Å². The fourth-order valence-electron chi connectivity index (χ4n) is 10.2. The first-order valence-electron chi connectivity index (χ1n) is 32.1. The SMILES string of the molecule is CCCCCCCCCCCCC/C=C/C(O)C(COC1OC(CO)C(O)C(O)C1O)NC(=O)CCCCCCCCC/C=C\CCCCCCCCCCCCCCOC(=O)CCCCCCCCCCCCC. The van der Waals surface area contributed by atoms with E-state index in [1.54, 1.807) is 6.08 Å². The molecule has 0 aromatic heterocycles. The second-order valence-electron chi connectivity index (χ2n) is 22.5. The lowest BCUT2D eigenvalue weighted by atomic mass is 9.99. The zero-order valence-corrected chi connectivity index (χ0v) is 48.8. The van der Waals surface area contributed by atoms with E-state index in [4.69, 9.17) is 14.2 Å². The molecule has 1 amide bonds. The molecule has 1 heterocycles. The molecule has 1 rings (SSSR count). The summed E-state index contributed by atoms with van der Waals surface area (Å²) in [6.07, 6.45) is 55.6. The lowest BCUT2D eigenvalue weighted by molar-refractivity contribution is -0.302. The number of aliphatic hydroxyl groups is 5. The van der Waals surface area contributed by atoms with Gasteiger partial charge in [-0.15, -0.1) is 0 Å². The van der Waals surface area contributed by atoms with Crippen molar-refractivity contribution in [3.8, 4) is 0 Å². The van der Waals surface area contributed by atoms with Crippen molar-refractivity contribution in [2.45, 2.75) is 352 Å². The number of unbranched alkanes of at least 4 members (excludes halogenated alkanes) is 40. The maximum Gasteiger partial charge on any atom is 0.305 e. The van der Waals surface area contributed by atoms with Crippen LogP contribution in [0.1, 0.15) is 309 Å². The van der Waals surface area contributed by atoms with Crippen LogP contribution in [0.2, 0.25) is 0 Å². The number of aliphatic hydroxyl groups excluding tert-OH is 5. The number of carbonyl (C=O) groups excluding carboxylic acids is 2. The monoisotopic (exact) mass is 1060 g/mol. The highest BCUT2D eigenvalue weighted by Crippen LogP contribution is 2.23. The number of amides is 1. The molecule has 0 saturated carbocycles. The van der Waals surface area contributed by atoms with E-state index in [-0.39, 0.29) is 18.5 Å². The van der Waals surface area contributed by atoms with Gasteiger partial charge in [-0.2, -0.15) is 0 Å².